The molecule has 2 aromatic rings. The van der Waals surface area contributed by atoms with Gasteiger partial charge in [-0.2, -0.15) is 5.10 Å². The number of carbonyl (C=O) groups excluding carboxylic acids is 2. The van der Waals surface area contributed by atoms with E-state index in [2.05, 4.69) is 20.8 Å². The van der Waals surface area contributed by atoms with Gasteiger partial charge in [-0.05, 0) is 18.9 Å². The predicted octanol–water partition coefficient (Wildman–Crippen LogP) is -0.0685. The summed E-state index contributed by atoms with van der Waals surface area (Å²) >= 11 is 0. The number of fused-ring (bicyclic) bond motifs is 1. The molecular formula is C14H14N4O3. The van der Waals surface area contributed by atoms with Crippen LogP contribution in [0.3, 0.4) is 0 Å². The Labute approximate surface area is 119 Å². The average molecular weight is 286 g/mol. The number of hydrogen-bond acceptors (Lipinski definition) is 4. The van der Waals surface area contributed by atoms with E-state index >= 15 is 0 Å². The second kappa shape index (κ2) is 5.35. The molecule has 1 atom stereocenters. The van der Waals surface area contributed by atoms with Crippen LogP contribution in [0.25, 0.3) is 10.8 Å². The van der Waals surface area contributed by atoms with Gasteiger partial charge in [0.05, 0.1) is 5.39 Å². The van der Waals surface area contributed by atoms with Gasteiger partial charge in [0, 0.05) is 11.9 Å². The lowest BCUT2D eigenvalue weighted by Crippen LogP contribution is -2.50. The molecule has 1 aliphatic heterocycles. The van der Waals surface area contributed by atoms with Gasteiger partial charge in [-0.3, -0.25) is 14.4 Å². The Morgan fingerprint density at radius 1 is 1.24 bits per heavy atom. The zero-order valence-electron chi connectivity index (χ0n) is 11.2. The standard InChI is InChI=1S/C14H14N4O3/c19-12-9-5-2-1-4-8(9)11(17-18-12)14(21)16-10-6-3-7-15-13(10)20/h1-2,4-5,10H,3,6-7H2,(H,15,20)(H,16,21)(H,18,19). The SMILES string of the molecule is O=C(NC1CCCNC1=O)c1n[nH]c(=O)c2ccccc12. The number of benzene rings is 1. The molecule has 21 heavy (non-hydrogen) atoms. The fraction of sp³-hybridized carbons (Fsp3) is 0.286. The van der Waals surface area contributed by atoms with Crippen LogP contribution in [0, 0.1) is 0 Å². The third-order valence-corrected chi connectivity index (χ3v) is 3.50. The van der Waals surface area contributed by atoms with E-state index in [0.29, 0.717) is 23.7 Å². The first-order valence-corrected chi connectivity index (χ1v) is 6.73. The molecule has 108 valence electrons. The number of H-pyrrole nitrogens is 1. The van der Waals surface area contributed by atoms with E-state index in [1.54, 1.807) is 24.3 Å². The topological polar surface area (TPSA) is 104 Å². The first kappa shape index (κ1) is 13.3. The number of aromatic amines is 1. The van der Waals surface area contributed by atoms with Gasteiger partial charge in [0.15, 0.2) is 5.69 Å². The van der Waals surface area contributed by atoms with Gasteiger partial charge in [0.2, 0.25) is 5.91 Å². The van der Waals surface area contributed by atoms with Crippen molar-refractivity contribution in [2.24, 2.45) is 0 Å². The summed E-state index contributed by atoms with van der Waals surface area (Å²) in [6.07, 6.45) is 1.41. The predicted molar refractivity (Wildman–Crippen MR) is 75.9 cm³/mol. The lowest BCUT2D eigenvalue weighted by molar-refractivity contribution is -0.124. The van der Waals surface area contributed by atoms with E-state index < -0.39 is 11.9 Å². The van der Waals surface area contributed by atoms with Crippen molar-refractivity contribution in [2.45, 2.75) is 18.9 Å². The molecule has 0 aliphatic carbocycles. The zero-order valence-corrected chi connectivity index (χ0v) is 11.2. The van der Waals surface area contributed by atoms with Crippen molar-refractivity contribution >= 4 is 22.6 Å². The van der Waals surface area contributed by atoms with Gasteiger partial charge in [-0.1, -0.05) is 18.2 Å². The highest BCUT2D eigenvalue weighted by molar-refractivity contribution is 6.06. The lowest BCUT2D eigenvalue weighted by Gasteiger charge is -2.22. The molecule has 1 saturated heterocycles. The maximum Gasteiger partial charge on any atom is 0.273 e. The summed E-state index contributed by atoms with van der Waals surface area (Å²) in [5.41, 5.74) is -0.235. The summed E-state index contributed by atoms with van der Waals surface area (Å²) in [6, 6.07) is 6.17. The Morgan fingerprint density at radius 2 is 2.00 bits per heavy atom. The number of carbonyl (C=O) groups is 2. The molecule has 0 radical (unpaired) electrons. The molecule has 3 N–H and O–H groups in total. The first-order chi connectivity index (χ1) is 10.2. The Kier molecular flexibility index (Phi) is 3.39. The molecular weight excluding hydrogens is 272 g/mol. The van der Waals surface area contributed by atoms with Gasteiger partial charge >= 0.3 is 0 Å². The summed E-state index contributed by atoms with van der Waals surface area (Å²) in [5.74, 6) is -0.659. The van der Waals surface area contributed by atoms with Crippen LogP contribution in [0.5, 0.6) is 0 Å². The lowest BCUT2D eigenvalue weighted by atomic mass is 10.1. The van der Waals surface area contributed by atoms with Crippen LogP contribution in [0.1, 0.15) is 23.3 Å². The number of nitrogens with one attached hydrogen (secondary N) is 3. The number of hydrogen-bond donors (Lipinski definition) is 3. The Balaban J connectivity index is 1.93. The van der Waals surface area contributed by atoms with E-state index in [4.69, 9.17) is 0 Å². The number of nitrogens with zero attached hydrogens (tertiary/aromatic N) is 1. The second-order valence-corrected chi connectivity index (χ2v) is 4.91. The molecule has 2 amide bonds. The molecule has 3 rings (SSSR count). The van der Waals surface area contributed by atoms with Crippen molar-refractivity contribution in [1.29, 1.82) is 0 Å². The van der Waals surface area contributed by atoms with Crippen molar-refractivity contribution in [3.05, 3.63) is 40.3 Å². The van der Waals surface area contributed by atoms with Gasteiger partial charge in [-0.15, -0.1) is 0 Å². The quantitative estimate of drug-likeness (QED) is 0.719. The fourth-order valence-corrected chi connectivity index (χ4v) is 2.42. The van der Waals surface area contributed by atoms with Crippen molar-refractivity contribution in [3.8, 4) is 0 Å². The van der Waals surface area contributed by atoms with E-state index in [9.17, 15) is 14.4 Å². The van der Waals surface area contributed by atoms with E-state index in [0.717, 1.165) is 6.42 Å². The molecule has 0 bridgehead atoms. The van der Waals surface area contributed by atoms with Gasteiger partial charge in [0.25, 0.3) is 11.5 Å². The summed E-state index contributed by atoms with van der Waals surface area (Å²) in [5, 5.41) is 12.3. The molecule has 7 nitrogen and oxygen atoms in total. The zero-order chi connectivity index (χ0) is 14.8. The highest BCUT2D eigenvalue weighted by Gasteiger charge is 2.25. The minimum absolute atomic E-state index is 0.114. The van der Waals surface area contributed by atoms with E-state index in [1.165, 1.54) is 0 Å². The molecule has 0 saturated carbocycles. The van der Waals surface area contributed by atoms with Crippen LogP contribution >= 0.6 is 0 Å². The number of amides is 2. The smallest absolute Gasteiger partial charge is 0.273 e. The van der Waals surface area contributed by atoms with Crippen molar-refractivity contribution in [3.63, 3.8) is 0 Å². The Hall–Kier alpha value is -2.70. The van der Waals surface area contributed by atoms with Gasteiger partial charge in [0.1, 0.15) is 6.04 Å². The third kappa shape index (κ3) is 2.49. The normalized spacial score (nSPS) is 18.3. The van der Waals surface area contributed by atoms with Gasteiger partial charge < -0.3 is 10.6 Å². The Morgan fingerprint density at radius 3 is 2.76 bits per heavy atom. The van der Waals surface area contributed by atoms with E-state index in [-0.39, 0.29) is 17.2 Å². The second-order valence-electron chi connectivity index (χ2n) is 4.91. The molecule has 7 heteroatoms. The Bertz CT molecular complexity index is 768. The molecule has 1 aromatic heterocycles. The van der Waals surface area contributed by atoms with Gasteiger partial charge in [-0.25, -0.2) is 5.10 Å². The van der Waals surface area contributed by atoms with Crippen molar-refractivity contribution in [2.75, 3.05) is 6.54 Å². The average Bonchev–Trinajstić information content (AvgIpc) is 2.50. The number of piperidine rings is 1. The summed E-state index contributed by atoms with van der Waals surface area (Å²) < 4.78 is 0. The third-order valence-electron chi connectivity index (χ3n) is 3.50. The highest BCUT2D eigenvalue weighted by Crippen LogP contribution is 2.13. The van der Waals surface area contributed by atoms with Crippen molar-refractivity contribution in [1.82, 2.24) is 20.8 Å². The molecule has 1 unspecified atom stereocenters. The molecule has 1 aliphatic rings. The largest absolute Gasteiger partial charge is 0.354 e. The van der Waals surface area contributed by atoms with Crippen LogP contribution in [-0.2, 0) is 4.79 Å². The maximum atomic E-state index is 12.3. The monoisotopic (exact) mass is 286 g/mol. The van der Waals surface area contributed by atoms with E-state index in [1.807, 2.05) is 0 Å². The highest BCUT2D eigenvalue weighted by atomic mass is 16.2. The van der Waals surface area contributed by atoms with Crippen LogP contribution in [0.4, 0.5) is 0 Å². The summed E-state index contributed by atoms with van der Waals surface area (Å²) in [6.45, 7) is 0.630. The van der Waals surface area contributed by atoms with Crippen LogP contribution in [0.15, 0.2) is 29.1 Å². The number of aromatic nitrogens is 2. The molecule has 2 heterocycles. The molecule has 0 spiro atoms. The van der Waals surface area contributed by atoms with Crippen LogP contribution in [0.2, 0.25) is 0 Å². The first-order valence-electron chi connectivity index (χ1n) is 6.73. The molecule has 1 fully saturated rings. The molecule has 1 aromatic carbocycles. The minimum atomic E-state index is -0.557. The summed E-state index contributed by atoms with van der Waals surface area (Å²) in [4.78, 5) is 35.7. The van der Waals surface area contributed by atoms with Crippen molar-refractivity contribution < 1.29 is 9.59 Å². The number of rotatable bonds is 2. The summed E-state index contributed by atoms with van der Waals surface area (Å²) in [7, 11) is 0. The minimum Gasteiger partial charge on any atom is -0.354 e. The van der Waals surface area contributed by atoms with Crippen LogP contribution < -0.4 is 16.2 Å². The maximum absolute atomic E-state index is 12.3. The van der Waals surface area contributed by atoms with Crippen LogP contribution in [-0.4, -0.2) is 34.6 Å². The fourth-order valence-electron chi connectivity index (χ4n) is 2.42.